The highest BCUT2D eigenvalue weighted by Gasteiger charge is 2.37. The molecule has 24 heavy (non-hydrogen) atoms. The fourth-order valence-corrected chi connectivity index (χ4v) is 3.30. The summed E-state index contributed by atoms with van der Waals surface area (Å²) < 4.78 is 5.72. The van der Waals surface area contributed by atoms with Gasteiger partial charge in [-0.05, 0) is 25.0 Å². The summed E-state index contributed by atoms with van der Waals surface area (Å²) in [6.07, 6.45) is 1.34. The summed E-state index contributed by atoms with van der Waals surface area (Å²) in [4.78, 5) is 26.0. The lowest BCUT2D eigenvalue weighted by Gasteiger charge is -2.25. The number of fused-ring (bicyclic) bond motifs is 1. The molecular formula is C20H17NO3. The molecule has 4 rings (SSSR count). The van der Waals surface area contributed by atoms with E-state index in [2.05, 4.69) is 5.32 Å². The van der Waals surface area contributed by atoms with Gasteiger partial charge in [-0.2, -0.15) is 0 Å². The number of rotatable bonds is 3. The Balaban J connectivity index is 1.84. The second-order valence-electron chi connectivity index (χ2n) is 5.99. The molecule has 0 amide bonds. The van der Waals surface area contributed by atoms with E-state index >= 15 is 0 Å². The summed E-state index contributed by atoms with van der Waals surface area (Å²) in [5.74, 6) is -0.268. The fraction of sp³-hybridized carbons (Fsp3) is 0.200. The van der Waals surface area contributed by atoms with E-state index in [9.17, 15) is 9.59 Å². The zero-order chi connectivity index (χ0) is 16.5. The molecule has 1 fully saturated rings. The second-order valence-corrected chi connectivity index (χ2v) is 5.99. The van der Waals surface area contributed by atoms with E-state index in [1.54, 1.807) is 24.3 Å². The number of para-hydroxylation sites is 1. The van der Waals surface area contributed by atoms with E-state index < -0.39 is 0 Å². The van der Waals surface area contributed by atoms with Crippen LogP contribution >= 0.6 is 0 Å². The lowest BCUT2D eigenvalue weighted by atomic mass is 9.84. The Morgan fingerprint density at radius 1 is 0.875 bits per heavy atom. The standard InChI is InChI=1S/C20H17NO3/c22-19-14-9-4-5-10-15(14)20(23)18(17(19)16-11-6-12-24-16)21-13-7-2-1-3-8-13/h1-5,7-10,16,21H,6,11-12H2. The van der Waals surface area contributed by atoms with Crippen molar-refractivity contribution in [2.75, 3.05) is 11.9 Å². The lowest BCUT2D eigenvalue weighted by molar-refractivity contribution is 0.0899. The van der Waals surface area contributed by atoms with E-state index in [1.165, 1.54) is 0 Å². The van der Waals surface area contributed by atoms with Crippen LogP contribution in [0, 0.1) is 0 Å². The molecule has 1 aliphatic carbocycles. The SMILES string of the molecule is O=C1C(Nc2ccccc2)=C(C2CCCO2)C(=O)c2ccccc21. The Labute approximate surface area is 140 Å². The second kappa shape index (κ2) is 6.06. The number of carbonyl (C=O) groups is 2. The van der Waals surface area contributed by atoms with Gasteiger partial charge in [-0.3, -0.25) is 9.59 Å². The van der Waals surface area contributed by atoms with Crippen LogP contribution in [-0.4, -0.2) is 24.3 Å². The van der Waals surface area contributed by atoms with Crippen molar-refractivity contribution in [1.82, 2.24) is 0 Å². The molecule has 2 aromatic rings. The Hall–Kier alpha value is -2.72. The van der Waals surface area contributed by atoms with Gasteiger partial charge in [0.1, 0.15) is 0 Å². The molecule has 120 valence electrons. The number of benzene rings is 2. The average molecular weight is 319 g/mol. The van der Waals surface area contributed by atoms with Crippen LogP contribution in [0.2, 0.25) is 0 Å². The first kappa shape index (κ1) is 14.8. The maximum absolute atomic E-state index is 13.0. The van der Waals surface area contributed by atoms with Gasteiger partial charge in [-0.15, -0.1) is 0 Å². The van der Waals surface area contributed by atoms with Gasteiger partial charge in [0.15, 0.2) is 5.78 Å². The number of carbonyl (C=O) groups excluding carboxylic acids is 2. The van der Waals surface area contributed by atoms with Crippen LogP contribution in [0.15, 0.2) is 65.9 Å². The van der Waals surface area contributed by atoms with Crippen LogP contribution in [-0.2, 0) is 4.74 Å². The highest BCUT2D eigenvalue weighted by molar-refractivity contribution is 6.28. The predicted octanol–water partition coefficient (Wildman–Crippen LogP) is 3.61. The highest BCUT2D eigenvalue weighted by atomic mass is 16.5. The molecule has 0 spiro atoms. The summed E-state index contributed by atoms with van der Waals surface area (Å²) in [5, 5.41) is 3.16. The third-order valence-corrected chi connectivity index (χ3v) is 4.45. The molecule has 1 aliphatic heterocycles. The van der Waals surface area contributed by atoms with Crippen LogP contribution in [0.25, 0.3) is 0 Å². The van der Waals surface area contributed by atoms with Crippen LogP contribution in [0.1, 0.15) is 33.6 Å². The predicted molar refractivity (Wildman–Crippen MR) is 91.2 cm³/mol. The van der Waals surface area contributed by atoms with Crippen molar-refractivity contribution in [2.24, 2.45) is 0 Å². The Kier molecular flexibility index (Phi) is 3.75. The molecular weight excluding hydrogens is 302 g/mol. The molecule has 4 heteroatoms. The maximum Gasteiger partial charge on any atom is 0.210 e. The van der Waals surface area contributed by atoms with Gasteiger partial charge in [0.05, 0.1) is 17.4 Å². The quantitative estimate of drug-likeness (QED) is 0.939. The number of nitrogens with one attached hydrogen (secondary N) is 1. The number of ketones is 2. The number of anilines is 1. The Morgan fingerprint density at radius 2 is 1.54 bits per heavy atom. The number of Topliss-reactive ketones (excluding diaryl/α,β-unsaturated/α-hetero) is 2. The van der Waals surface area contributed by atoms with Crippen LogP contribution in [0.3, 0.4) is 0 Å². The minimum Gasteiger partial charge on any atom is -0.373 e. The molecule has 1 atom stereocenters. The summed E-state index contributed by atoms with van der Waals surface area (Å²) in [7, 11) is 0. The van der Waals surface area contributed by atoms with Crippen molar-refractivity contribution >= 4 is 17.3 Å². The van der Waals surface area contributed by atoms with E-state index in [0.29, 0.717) is 29.0 Å². The van der Waals surface area contributed by atoms with Crippen LogP contribution in [0.4, 0.5) is 5.69 Å². The van der Waals surface area contributed by atoms with Gasteiger partial charge >= 0.3 is 0 Å². The van der Waals surface area contributed by atoms with Gasteiger partial charge in [0.2, 0.25) is 5.78 Å². The number of ether oxygens (including phenoxy) is 1. The van der Waals surface area contributed by atoms with Gasteiger partial charge in [-0.1, -0.05) is 42.5 Å². The van der Waals surface area contributed by atoms with Crippen LogP contribution in [0.5, 0.6) is 0 Å². The molecule has 4 nitrogen and oxygen atoms in total. The van der Waals surface area contributed by atoms with E-state index in [4.69, 9.17) is 4.74 Å². The van der Waals surface area contributed by atoms with Crippen molar-refractivity contribution in [2.45, 2.75) is 18.9 Å². The van der Waals surface area contributed by atoms with Gasteiger partial charge in [0.25, 0.3) is 0 Å². The summed E-state index contributed by atoms with van der Waals surface area (Å²) in [6.45, 7) is 0.621. The molecule has 1 saturated heterocycles. The third-order valence-electron chi connectivity index (χ3n) is 4.45. The molecule has 0 radical (unpaired) electrons. The van der Waals surface area contributed by atoms with E-state index in [1.807, 2.05) is 30.3 Å². The molecule has 0 saturated carbocycles. The van der Waals surface area contributed by atoms with E-state index in [0.717, 1.165) is 18.5 Å². The molecule has 1 heterocycles. The Bertz CT molecular complexity index is 833. The third kappa shape index (κ3) is 2.45. The maximum atomic E-state index is 13.0. The number of hydrogen-bond donors (Lipinski definition) is 1. The molecule has 2 aliphatic rings. The van der Waals surface area contributed by atoms with Gasteiger partial charge in [-0.25, -0.2) is 0 Å². The lowest BCUT2D eigenvalue weighted by Crippen LogP contribution is -2.31. The van der Waals surface area contributed by atoms with Crippen molar-refractivity contribution < 1.29 is 14.3 Å². The molecule has 1 N–H and O–H groups in total. The topological polar surface area (TPSA) is 55.4 Å². The average Bonchev–Trinajstić information content (AvgIpc) is 3.15. The monoisotopic (exact) mass is 319 g/mol. The molecule has 0 aromatic heterocycles. The minimum absolute atomic E-state index is 0.115. The largest absolute Gasteiger partial charge is 0.373 e. The van der Waals surface area contributed by atoms with Crippen LogP contribution < -0.4 is 5.32 Å². The highest BCUT2D eigenvalue weighted by Crippen LogP contribution is 2.33. The molecule has 0 bridgehead atoms. The minimum atomic E-state index is -0.319. The van der Waals surface area contributed by atoms with Gasteiger partial charge in [0, 0.05) is 23.4 Å². The molecule has 2 aromatic carbocycles. The summed E-state index contributed by atoms with van der Waals surface area (Å²) >= 11 is 0. The van der Waals surface area contributed by atoms with Crippen molar-refractivity contribution in [3.63, 3.8) is 0 Å². The number of allylic oxidation sites excluding steroid dienone is 1. The smallest absolute Gasteiger partial charge is 0.210 e. The summed E-state index contributed by atoms with van der Waals surface area (Å²) in [6, 6.07) is 16.4. The first-order chi connectivity index (χ1) is 11.8. The first-order valence-corrected chi connectivity index (χ1v) is 8.12. The molecule has 1 unspecified atom stereocenters. The van der Waals surface area contributed by atoms with Crippen molar-refractivity contribution in [1.29, 1.82) is 0 Å². The Morgan fingerprint density at radius 3 is 2.21 bits per heavy atom. The van der Waals surface area contributed by atoms with Crippen molar-refractivity contribution in [3.05, 3.63) is 77.0 Å². The van der Waals surface area contributed by atoms with E-state index in [-0.39, 0.29) is 17.7 Å². The zero-order valence-electron chi connectivity index (χ0n) is 13.1. The zero-order valence-corrected chi connectivity index (χ0v) is 13.1. The summed E-state index contributed by atoms with van der Waals surface area (Å²) in [5.41, 5.74) is 2.50. The first-order valence-electron chi connectivity index (χ1n) is 8.12. The van der Waals surface area contributed by atoms with Crippen molar-refractivity contribution in [3.8, 4) is 0 Å². The normalized spacial score (nSPS) is 20.2. The van der Waals surface area contributed by atoms with Gasteiger partial charge < -0.3 is 10.1 Å². The fourth-order valence-electron chi connectivity index (χ4n) is 3.30. The number of hydrogen-bond acceptors (Lipinski definition) is 4.